The van der Waals surface area contributed by atoms with Crippen LogP contribution in [0.25, 0.3) is 0 Å². The van der Waals surface area contributed by atoms with Crippen molar-refractivity contribution in [3.63, 3.8) is 0 Å². The van der Waals surface area contributed by atoms with E-state index in [1.54, 1.807) is 0 Å². The third kappa shape index (κ3) is 4.26. The first kappa shape index (κ1) is 15.0. The van der Waals surface area contributed by atoms with Crippen molar-refractivity contribution < 1.29 is 5.11 Å². The minimum absolute atomic E-state index is 0.0944. The van der Waals surface area contributed by atoms with Crippen LogP contribution in [0, 0.1) is 5.92 Å². The van der Waals surface area contributed by atoms with Crippen molar-refractivity contribution in [2.75, 3.05) is 6.54 Å². The fourth-order valence-electron chi connectivity index (χ4n) is 3.21. The zero-order valence-corrected chi connectivity index (χ0v) is 12.2. The normalized spacial score (nSPS) is 26.1. The second kappa shape index (κ2) is 7.38. The first-order chi connectivity index (χ1) is 8.10. The van der Waals surface area contributed by atoms with Gasteiger partial charge in [-0.3, -0.25) is 4.90 Å². The fourth-order valence-corrected chi connectivity index (χ4v) is 3.21. The van der Waals surface area contributed by atoms with E-state index in [1.807, 2.05) is 0 Å². The van der Waals surface area contributed by atoms with Gasteiger partial charge in [0.25, 0.3) is 0 Å². The Bertz CT molecular complexity index is 201. The molecule has 0 aromatic carbocycles. The van der Waals surface area contributed by atoms with Gasteiger partial charge in [0.05, 0.1) is 6.10 Å². The number of hydrogen-bond donors (Lipinski definition) is 1. The highest BCUT2D eigenvalue weighted by Crippen LogP contribution is 2.27. The van der Waals surface area contributed by atoms with Gasteiger partial charge in [-0.05, 0) is 31.6 Å². The zero-order valence-electron chi connectivity index (χ0n) is 12.2. The lowest BCUT2D eigenvalue weighted by Gasteiger charge is -2.43. The Kier molecular flexibility index (Phi) is 6.50. The molecule has 2 atom stereocenters. The van der Waals surface area contributed by atoms with Crippen molar-refractivity contribution in [2.24, 2.45) is 5.92 Å². The third-order valence-electron chi connectivity index (χ3n) is 4.11. The van der Waals surface area contributed by atoms with E-state index in [-0.39, 0.29) is 6.10 Å². The fraction of sp³-hybridized carbons (Fsp3) is 1.00. The third-order valence-corrected chi connectivity index (χ3v) is 4.11. The summed E-state index contributed by atoms with van der Waals surface area (Å²) in [4.78, 5) is 2.61. The number of nitrogens with zero attached hydrogens (tertiary/aromatic N) is 1. The van der Waals surface area contributed by atoms with Gasteiger partial charge in [-0.1, -0.05) is 40.5 Å². The summed E-state index contributed by atoms with van der Waals surface area (Å²) in [5, 5.41) is 10.3. The molecule has 0 heterocycles. The van der Waals surface area contributed by atoms with Gasteiger partial charge in [0.2, 0.25) is 0 Å². The molecule has 1 N–H and O–H groups in total. The maximum Gasteiger partial charge on any atom is 0.0695 e. The van der Waals surface area contributed by atoms with E-state index in [0.29, 0.717) is 18.0 Å². The van der Waals surface area contributed by atoms with Crippen molar-refractivity contribution >= 4 is 0 Å². The molecular weight excluding hydrogens is 210 g/mol. The van der Waals surface area contributed by atoms with E-state index in [9.17, 15) is 5.11 Å². The molecule has 102 valence electrons. The number of hydrogen-bond acceptors (Lipinski definition) is 2. The molecule has 0 unspecified atom stereocenters. The van der Waals surface area contributed by atoms with Crippen LogP contribution in [0.5, 0.6) is 0 Å². The highest BCUT2D eigenvalue weighted by molar-refractivity contribution is 4.86. The molecule has 0 aromatic heterocycles. The van der Waals surface area contributed by atoms with Crippen LogP contribution in [0.2, 0.25) is 0 Å². The van der Waals surface area contributed by atoms with Crippen molar-refractivity contribution in [1.29, 1.82) is 0 Å². The molecule has 0 saturated heterocycles. The molecule has 1 fully saturated rings. The van der Waals surface area contributed by atoms with Gasteiger partial charge in [-0.25, -0.2) is 0 Å². The average molecular weight is 241 g/mol. The Morgan fingerprint density at radius 2 is 1.71 bits per heavy atom. The lowest BCUT2D eigenvalue weighted by atomic mass is 9.89. The van der Waals surface area contributed by atoms with Crippen LogP contribution in [0.3, 0.4) is 0 Å². The van der Waals surface area contributed by atoms with E-state index < -0.39 is 0 Å². The van der Waals surface area contributed by atoms with Gasteiger partial charge in [0.1, 0.15) is 0 Å². The molecule has 0 aliphatic heterocycles. The summed E-state index contributed by atoms with van der Waals surface area (Å²) in [6.07, 6.45) is 6.98. The predicted molar refractivity (Wildman–Crippen MR) is 74.2 cm³/mol. The van der Waals surface area contributed by atoms with Gasteiger partial charge < -0.3 is 5.11 Å². The predicted octanol–water partition coefficient (Wildman–Crippen LogP) is 3.44. The van der Waals surface area contributed by atoms with Crippen molar-refractivity contribution in [1.82, 2.24) is 4.90 Å². The first-order valence-corrected chi connectivity index (χ1v) is 7.53. The monoisotopic (exact) mass is 241 g/mol. The molecule has 1 aliphatic carbocycles. The van der Waals surface area contributed by atoms with Crippen LogP contribution in [-0.4, -0.2) is 34.7 Å². The van der Waals surface area contributed by atoms with Gasteiger partial charge in [0.15, 0.2) is 0 Å². The summed E-state index contributed by atoms with van der Waals surface area (Å²) in [5.74, 6) is 0.685. The first-order valence-electron chi connectivity index (χ1n) is 7.53. The molecule has 17 heavy (non-hydrogen) atoms. The molecule has 0 spiro atoms. The molecule has 2 heteroatoms. The van der Waals surface area contributed by atoms with Crippen LogP contribution in [0.15, 0.2) is 0 Å². The Labute approximate surface area is 107 Å². The molecule has 0 radical (unpaired) electrons. The largest absolute Gasteiger partial charge is 0.391 e. The van der Waals surface area contributed by atoms with Crippen LogP contribution < -0.4 is 0 Å². The second-order valence-corrected chi connectivity index (χ2v) is 5.98. The number of aliphatic hydroxyl groups excluding tert-OH is 1. The zero-order chi connectivity index (χ0) is 12.8. The quantitative estimate of drug-likeness (QED) is 0.770. The van der Waals surface area contributed by atoms with Crippen LogP contribution in [0.1, 0.15) is 66.2 Å². The second-order valence-electron chi connectivity index (χ2n) is 5.98. The molecule has 0 bridgehead atoms. The van der Waals surface area contributed by atoms with Crippen molar-refractivity contribution in [2.45, 2.75) is 84.4 Å². The van der Waals surface area contributed by atoms with Gasteiger partial charge in [-0.15, -0.1) is 0 Å². The van der Waals surface area contributed by atoms with Gasteiger partial charge in [0, 0.05) is 18.6 Å². The lowest BCUT2D eigenvalue weighted by molar-refractivity contribution is -0.00948. The summed E-state index contributed by atoms with van der Waals surface area (Å²) in [7, 11) is 0. The molecular formula is C15H31NO. The van der Waals surface area contributed by atoms with Crippen molar-refractivity contribution in [3.8, 4) is 0 Å². The van der Waals surface area contributed by atoms with Crippen molar-refractivity contribution in [3.05, 3.63) is 0 Å². The maximum absolute atomic E-state index is 10.3. The summed E-state index contributed by atoms with van der Waals surface area (Å²) in [6, 6.07) is 1.06. The van der Waals surface area contributed by atoms with E-state index in [4.69, 9.17) is 0 Å². The summed E-state index contributed by atoms with van der Waals surface area (Å²) in [5.41, 5.74) is 0. The smallest absolute Gasteiger partial charge is 0.0695 e. The van der Waals surface area contributed by atoms with Gasteiger partial charge >= 0.3 is 0 Å². The number of rotatable bonds is 6. The van der Waals surface area contributed by atoms with Crippen LogP contribution in [0.4, 0.5) is 0 Å². The average Bonchev–Trinajstić information content (AvgIpc) is 2.29. The van der Waals surface area contributed by atoms with Gasteiger partial charge in [-0.2, -0.15) is 0 Å². The van der Waals surface area contributed by atoms with E-state index in [2.05, 4.69) is 32.6 Å². The molecule has 1 rings (SSSR count). The topological polar surface area (TPSA) is 23.5 Å². The molecule has 0 aromatic rings. The lowest BCUT2D eigenvalue weighted by Crippen LogP contribution is -2.51. The maximum atomic E-state index is 10.3. The highest BCUT2D eigenvalue weighted by atomic mass is 16.3. The molecule has 0 amide bonds. The summed E-state index contributed by atoms with van der Waals surface area (Å²) < 4.78 is 0. The number of aliphatic hydroxyl groups is 1. The summed E-state index contributed by atoms with van der Waals surface area (Å²) >= 11 is 0. The molecule has 1 saturated carbocycles. The van der Waals surface area contributed by atoms with E-state index >= 15 is 0 Å². The minimum Gasteiger partial charge on any atom is -0.391 e. The van der Waals surface area contributed by atoms with Crippen LogP contribution >= 0.6 is 0 Å². The Balaban J connectivity index is 2.72. The molecule has 2 nitrogen and oxygen atoms in total. The Morgan fingerprint density at radius 3 is 2.18 bits per heavy atom. The van der Waals surface area contributed by atoms with E-state index in [0.717, 1.165) is 13.0 Å². The van der Waals surface area contributed by atoms with Crippen LogP contribution in [-0.2, 0) is 0 Å². The highest BCUT2D eigenvalue weighted by Gasteiger charge is 2.31. The Morgan fingerprint density at radius 1 is 1.12 bits per heavy atom. The molecule has 1 aliphatic rings. The van der Waals surface area contributed by atoms with E-state index in [1.165, 1.54) is 32.1 Å². The minimum atomic E-state index is -0.0944. The SMILES string of the molecule is CCC(CC)N(CC(C)C)[C@@H]1CCCC[C@H]1O. The standard InChI is InChI=1S/C15H31NO/c1-5-13(6-2)16(11-12(3)4)14-9-7-8-10-15(14)17/h12-15,17H,5-11H2,1-4H3/t14-,15-/m1/s1. The Hall–Kier alpha value is -0.0800. The summed E-state index contributed by atoms with van der Waals surface area (Å²) in [6.45, 7) is 10.2.